The van der Waals surface area contributed by atoms with Crippen LogP contribution in [0.5, 0.6) is 5.75 Å². The number of amides is 1. The standard InChI is InChI=1S/C14H23N3O4/c1-14(2,3)21-13(19)17-6-10(12(18)8-17)9-20-11-5-15-16(4)7-11/h5,7,10,12,18H,6,8-9H2,1-4H3/t10-,12+/m1/s1. The zero-order valence-electron chi connectivity index (χ0n) is 12.9. The Morgan fingerprint density at radius 2 is 2.19 bits per heavy atom. The maximum atomic E-state index is 12.0. The Balaban J connectivity index is 1.84. The molecule has 1 fully saturated rings. The van der Waals surface area contributed by atoms with Crippen LogP contribution < -0.4 is 4.74 Å². The zero-order valence-corrected chi connectivity index (χ0v) is 12.9. The summed E-state index contributed by atoms with van der Waals surface area (Å²) in [4.78, 5) is 13.5. The van der Waals surface area contributed by atoms with Crippen LogP contribution >= 0.6 is 0 Å². The fourth-order valence-electron chi connectivity index (χ4n) is 2.17. The van der Waals surface area contributed by atoms with E-state index in [0.717, 1.165) is 0 Å². The molecule has 0 aliphatic carbocycles. The predicted molar refractivity (Wildman–Crippen MR) is 76.0 cm³/mol. The molecule has 21 heavy (non-hydrogen) atoms. The zero-order chi connectivity index (χ0) is 15.6. The third kappa shape index (κ3) is 4.35. The minimum absolute atomic E-state index is 0.127. The Morgan fingerprint density at radius 1 is 1.48 bits per heavy atom. The minimum Gasteiger partial charge on any atom is -0.490 e. The lowest BCUT2D eigenvalue weighted by Gasteiger charge is -2.24. The summed E-state index contributed by atoms with van der Waals surface area (Å²) in [6.45, 7) is 6.50. The molecule has 0 aromatic carbocycles. The smallest absolute Gasteiger partial charge is 0.410 e. The van der Waals surface area contributed by atoms with Crippen LogP contribution in [0.3, 0.4) is 0 Å². The molecule has 0 saturated carbocycles. The molecule has 1 aliphatic heterocycles. The summed E-state index contributed by atoms with van der Waals surface area (Å²) in [5.41, 5.74) is -0.535. The number of aliphatic hydroxyl groups excluding tert-OH is 1. The number of hydrogen-bond donors (Lipinski definition) is 1. The summed E-state index contributed by atoms with van der Waals surface area (Å²) < 4.78 is 12.5. The van der Waals surface area contributed by atoms with Gasteiger partial charge in [0, 0.05) is 19.5 Å². The van der Waals surface area contributed by atoms with E-state index in [1.807, 2.05) is 27.8 Å². The number of hydrogen-bond acceptors (Lipinski definition) is 5. The second-order valence-corrected chi connectivity index (χ2v) is 6.37. The summed E-state index contributed by atoms with van der Waals surface area (Å²) in [5, 5.41) is 14.0. The van der Waals surface area contributed by atoms with Crippen molar-refractivity contribution in [2.45, 2.75) is 32.5 Å². The third-order valence-corrected chi connectivity index (χ3v) is 3.20. The van der Waals surface area contributed by atoms with Gasteiger partial charge in [0.25, 0.3) is 0 Å². The Morgan fingerprint density at radius 3 is 2.76 bits per heavy atom. The number of ether oxygens (including phenoxy) is 2. The first kappa shape index (κ1) is 15.6. The van der Waals surface area contributed by atoms with Gasteiger partial charge in [0.1, 0.15) is 5.60 Å². The van der Waals surface area contributed by atoms with E-state index in [1.54, 1.807) is 17.1 Å². The number of nitrogens with zero attached hydrogens (tertiary/aromatic N) is 3. The van der Waals surface area contributed by atoms with E-state index in [-0.39, 0.29) is 12.5 Å². The number of carbonyl (C=O) groups excluding carboxylic acids is 1. The lowest BCUT2D eigenvalue weighted by atomic mass is 10.1. The highest BCUT2D eigenvalue weighted by molar-refractivity contribution is 5.68. The van der Waals surface area contributed by atoms with Crippen LogP contribution in [-0.4, -0.2) is 57.3 Å². The molecule has 0 unspecified atom stereocenters. The van der Waals surface area contributed by atoms with Crippen molar-refractivity contribution in [2.24, 2.45) is 13.0 Å². The first-order valence-electron chi connectivity index (χ1n) is 7.02. The van der Waals surface area contributed by atoms with Crippen LogP contribution in [0.1, 0.15) is 20.8 Å². The van der Waals surface area contributed by atoms with Crippen LogP contribution in [0.25, 0.3) is 0 Å². The maximum absolute atomic E-state index is 12.0. The molecule has 2 rings (SSSR count). The Labute approximate surface area is 124 Å². The van der Waals surface area contributed by atoms with E-state index in [2.05, 4.69) is 5.10 Å². The predicted octanol–water partition coefficient (Wildman–Crippen LogP) is 1.03. The van der Waals surface area contributed by atoms with Gasteiger partial charge in [-0.1, -0.05) is 0 Å². The van der Waals surface area contributed by atoms with Gasteiger partial charge in [-0.15, -0.1) is 0 Å². The van der Waals surface area contributed by atoms with E-state index in [0.29, 0.717) is 18.9 Å². The molecule has 1 saturated heterocycles. The van der Waals surface area contributed by atoms with Crippen LogP contribution in [0, 0.1) is 5.92 Å². The van der Waals surface area contributed by atoms with Crippen LogP contribution in [0.4, 0.5) is 4.79 Å². The molecule has 0 radical (unpaired) electrons. The van der Waals surface area contributed by atoms with Crippen LogP contribution in [0.2, 0.25) is 0 Å². The molecule has 2 heterocycles. The van der Waals surface area contributed by atoms with E-state index in [1.165, 1.54) is 4.90 Å². The molecule has 2 atom stereocenters. The van der Waals surface area contributed by atoms with Gasteiger partial charge in [-0.2, -0.15) is 5.10 Å². The number of β-amino-alcohol motifs (C(OH)–C–C–N with tert-alkyl or cyclic N) is 1. The van der Waals surface area contributed by atoms with Crippen molar-refractivity contribution in [3.63, 3.8) is 0 Å². The summed E-state index contributed by atoms with van der Waals surface area (Å²) >= 11 is 0. The minimum atomic E-state index is -0.603. The average molecular weight is 297 g/mol. The fourth-order valence-corrected chi connectivity index (χ4v) is 2.17. The van der Waals surface area contributed by atoms with Crippen molar-refractivity contribution in [3.8, 4) is 5.75 Å². The number of carbonyl (C=O) groups is 1. The molecule has 7 nitrogen and oxygen atoms in total. The Bertz CT molecular complexity index is 495. The first-order valence-corrected chi connectivity index (χ1v) is 7.02. The van der Waals surface area contributed by atoms with Crippen molar-refractivity contribution in [2.75, 3.05) is 19.7 Å². The molecule has 1 N–H and O–H groups in total. The maximum Gasteiger partial charge on any atom is 0.410 e. The molecule has 1 aromatic rings. The van der Waals surface area contributed by atoms with Gasteiger partial charge in [0.05, 0.1) is 31.6 Å². The summed E-state index contributed by atoms with van der Waals surface area (Å²) in [6.07, 6.45) is 2.37. The number of rotatable bonds is 3. The summed E-state index contributed by atoms with van der Waals surface area (Å²) in [6, 6.07) is 0. The molecular formula is C14H23N3O4. The quantitative estimate of drug-likeness (QED) is 0.901. The van der Waals surface area contributed by atoms with Gasteiger partial charge in [0.2, 0.25) is 0 Å². The van der Waals surface area contributed by atoms with Gasteiger partial charge in [0.15, 0.2) is 5.75 Å². The van der Waals surface area contributed by atoms with Crippen molar-refractivity contribution < 1.29 is 19.4 Å². The largest absolute Gasteiger partial charge is 0.490 e. The Kier molecular flexibility index (Phi) is 4.41. The SMILES string of the molecule is Cn1cc(OC[C@H]2CN(C(=O)OC(C)(C)C)C[C@@H]2O)cn1. The van der Waals surface area contributed by atoms with Crippen LogP contribution in [-0.2, 0) is 11.8 Å². The van der Waals surface area contributed by atoms with E-state index in [4.69, 9.17) is 9.47 Å². The first-order chi connectivity index (χ1) is 9.74. The normalized spacial score (nSPS) is 22.4. The van der Waals surface area contributed by atoms with Crippen molar-refractivity contribution in [1.82, 2.24) is 14.7 Å². The number of likely N-dealkylation sites (tertiary alicyclic amines) is 1. The highest BCUT2D eigenvalue weighted by Gasteiger charge is 2.36. The number of aryl methyl sites for hydroxylation is 1. The van der Waals surface area contributed by atoms with Gasteiger partial charge in [-0.3, -0.25) is 4.68 Å². The van der Waals surface area contributed by atoms with Crippen LogP contribution in [0.15, 0.2) is 12.4 Å². The summed E-state index contributed by atoms with van der Waals surface area (Å²) in [7, 11) is 1.81. The Hall–Kier alpha value is -1.76. The van der Waals surface area contributed by atoms with Crippen molar-refractivity contribution in [1.29, 1.82) is 0 Å². The van der Waals surface area contributed by atoms with E-state index < -0.39 is 17.8 Å². The highest BCUT2D eigenvalue weighted by Crippen LogP contribution is 2.21. The molecule has 7 heteroatoms. The molecular weight excluding hydrogens is 274 g/mol. The summed E-state index contributed by atoms with van der Waals surface area (Å²) in [5.74, 6) is 0.526. The second-order valence-electron chi connectivity index (χ2n) is 6.37. The molecule has 0 spiro atoms. The third-order valence-electron chi connectivity index (χ3n) is 3.20. The van der Waals surface area contributed by atoms with E-state index >= 15 is 0 Å². The van der Waals surface area contributed by atoms with Crippen molar-refractivity contribution in [3.05, 3.63) is 12.4 Å². The lowest BCUT2D eigenvalue weighted by Crippen LogP contribution is -2.36. The van der Waals surface area contributed by atoms with Gasteiger partial charge in [-0.25, -0.2) is 4.79 Å². The molecule has 1 amide bonds. The fraction of sp³-hybridized carbons (Fsp3) is 0.714. The molecule has 1 aromatic heterocycles. The van der Waals surface area contributed by atoms with Gasteiger partial charge in [-0.05, 0) is 20.8 Å². The molecule has 0 bridgehead atoms. The van der Waals surface area contributed by atoms with E-state index in [9.17, 15) is 9.90 Å². The van der Waals surface area contributed by atoms with Crippen molar-refractivity contribution >= 4 is 6.09 Å². The number of aromatic nitrogens is 2. The van der Waals surface area contributed by atoms with Gasteiger partial charge >= 0.3 is 6.09 Å². The highest BCUT2D eigenvalue weighted by atomic mass is 16.6. The average Bonchev–Trinajstić information content (AvgIpc) is 2.91. The molecule has 118 valence electrons. The molecule has 1 aliphatic rings. The topological polar surface area (TPSA) is 76.8 Å². The van der Waals surface area contributed by atoms with Gasteiger partial charge < -0.3 is 19.5 Å². The lowest BCUT2D eigenvalue weighted by molar-refractivity contribution is 0.0269. The second kappa shape index (κ2) is 5.93. The number of aliphatic hydroxyl groups is 1. The monoisotopic (exact) mass is 297 g/mol.